The quantitative estimate of drug-likeness (QED) is 0.604. The fourth-order valence-electron chi connectivity index (χ4n) is 3.17. The fraction of sp³-hybridized carbons (Fsp3) is 0.286. The van der Waals surface area contributed by atoms with Gasteiger partial charge in [-0.1, -0.05) is 17.7 Å². The molecule has 3 rings (SSSR count). The van der Waals surface area contributed by atoms with Gasteiger partial charge in [0.15, 0.2) is 9.84 Å². The summed E-state index contributed by atoms with van der Waals surface area (Å²) in [5, 5.41) is 3.82. The van der Waals surface area contributed by atoms with E-state index in [2.05, 4.69) is 10.3 Å². The molecule has 0 bridgehead atoms. The number of amides is 2. The first-order valence-corrected chi connectivity index (χ1v) is 11.8. The van der Waals surface area contributed by atoms with Crippen LogP contribution in [0, 0.1) is 0 Å². The van der Waals surface area contributed by atoms with Gasteiger partial charge in [0.05, 0.1) is 11.4 Å². The minimum atomic E-state index is -3.71. The number of halogens is 2. The van der Waals surface area contributed by atoms with Gasteiger partial charge in [0.2, 0.25) is 0 Å². The van der Waals surface area contributed by atoms with Crippen LogP contribution in [0.1, 0.15) is 21.6 Å². The molecule has 2 amide bonds. The predicted octanol–water partition coefficient (Wildman–Crippen LogP) is 2.21. The summed E-state index contributed by atoms with van der Waals surface area (Å²) in [6.07, 6.45) is 0.919. The first-order chi connectivity index (χ1) is 15.7. The number of aromatic amines is 1. The molecule has 1 aromatic carbocycles. The van der Waals surface area contributed by atoms with Crippen LogP contribution in [-0.4, -0.2) is 56.7 Å². The van der Waals surface area contributed by atoms with E-state index in [-0.39, 0.29) is 36.7 Å². The Bertz CT molecular complexity index is 1230. The Morgan fingerprint density at radius 1 is 1.27 bits per heavy atom. The van der Waals surface area contributed by atoms with Crippen LogP contribution in [0.2, 0.25) is 5.02 Å². The monoisotopic (exact) mass is 497 g/mol. The Balaban J connectivity index is 1.65. The van der Waals surface area contributed by atoms with Crippen molar-refractivity contribution in [3.63, 3.8) is 0 Å². The molecule has 0 spiro atoms. The van der Waals surface area contributed by atoms with Crippen LogP contribution in [0.5, 0.6) is 0 Å². The minimum absolute atomic E-state index is 0.0511. The molecule has 176 valence electrons. The second kappa shape index (κ2) is 10.6. The largest absolute Gasteiger partial charge is 0.447 e. The third kappa shape index (κ3) is 6.20. The molecule has 0 fully saturated rings. The van der Waals surface area contributed by atoms with Crippen molar-refractivity contribution in [1.82, 2.24) is 15.2 Å². The van der Waals surface area contributed by atoms with Crippen molar-refractivity contribution in [1.29, 1.82) is 0 Å². The normalized spacial score (nSPS) is 13.6. The maximum atomic E-state index is 12.5. The highest BCUT2D eigenvalue weighted by molar-refractivity contribution is 7.94. The summed E-state index contributed by atoms with van der Waals surface area (Å²) in [6.45, 7) is -0.890. The average Bonchev–Trinajstić information content (AvgIpc) is 2.79. The summed E-state index contributed by atoms with van der Waals surface area (Å²) in [4.78, 5) is 40.8. The Labute approximate surface area is 194 Å². The van der Waals surface area contributed by atoms with E-state index in [0.717, 1.165) is 5.41 Å². The Morgan fingerprint density at radius 3 is 2.70 bits per heavy atom. The lowest BCUT2D eigenvalue weighted by Crippen LogP contribution is -2.39. The second-order valence-corrected chi connectivity index (χ2v) is 9.34. The van der Waals surface area contributed by atoms with E-state index >= 15 is 0 Å². The van der Waals surface area contributed by atoms with Crippen molar-refractivity contribution in [2.45, 2.75) is 17.9 Å². The molecule has 33 heavy (non-hydrogen) atoms. The van der Waals surface area contributed by atoms with E-state index in [1.807, 2.05) is 0 Å². The first-order valence-electron chi connectivity index (χ1n) is 9.89. The fourth-order valence-corrected chi connectivity index (χ4v) is 4.32. The predicted molar refractivity (Wildman–Crippen MR) is 119 cm³/mol. The number of aromatic nitrogens is 1. The lowest BCUT2D eigenvalue weighted by Gasteiger charge is -2.27. The molecule has 0 saturated heterocycles. The molecule has 0 radical (unpaired) electrons. The number of benzene rings is 1. The highest BCUT2D eigenvalue weighted by Gasteiger charge is 2.24. The van der Waals surface area contributed by atoms with Gasteiger partial charge in [-0.3, -0.25) is 9.59 Å². The number of sulfone groups is 1. The Kier molecular flexibility index (Phi) is 7.88. The van der Waals surface area contributed by atoms with E-state index in [4.69, 9.17) is 16.3 Å². The third-order valence-corrected chi connectivity index (χ3v) is 6.54. The van der Waals surface area contributed by atoms with E-state index in [0.29, 0.717) is 22.7 Å². The second-order valence-electron chi connectivity index (χ2n) is 7.07. The van der Waals surface area contributed by atoms with Crippen LogP contribution in [0.25, 0.3) is 0 Å². The van der Waals surface area contributed by atoms with Crippen LogP contribution < -0.4 is 10.9 Å². The number of carbonyl (C=O) groups is 2. The first kappa shape index (κ1) is 24.5. The van der Waals surface area contributed by atoms with Gasteiger partial charge in [0, 0.05) is 35.6 Å². The lowest BCUT2D eigenvalue weighted by atomic mass is 10.0. The van der Waals surface area contributed by atoms with E-state index in [9.17, 15) is 27.2 Å². The molecule has 1 aromatic heterocycles. The van der Waals surface area contributed by atoms with Crippen molar-refractivity contribution in [3.8, 4) is 0 Å². The van der Waals surface area contributed by atoms with Gasteiger partial charge < -0.3 is 19.9 Å². The summed E-state index contributed by atoms with van der Waals surface area (Å²) in [6, 6.07) is 7.02. The smallest absolute Gasteiger partial charge is 0.410 e. The molecule has 1 aliphatic rings. The topological polar surface area (TPSA) is 126 Å². The van der Waals surface area contributed by atoms with Crippen molar-refractivity contribution < 1.29 is 27.1 Å². The summed E-state index contributed by atoms with van der Waals surface area (Å²) >= 11 is 5.75. The SMILES string of the molecule is O=C(NC/C=C/S(=O)(=O)c1ccc(Cl)cc1)c1cc2c([nH]c1=O)CCN(C(=O)OCCF)C2. The molecular weight excluding hydrogens is 477 g/mol. The molecule has 0 unspecified atom stereocenters. The number of alkyl halides is 1. The molecule has 2 heterocycles. The summed E-state index contributed by atoms with van der Waals surface area (Å²) in [5.41, 5.74) is 0.378. The molecule has 0 atom stereocenters. The number of nitrogens with one attached hydrogen (secondary N) is 2. The zero-order chi connectivity index (χ0) is 24.0. The van der Waals surface area contributed by atoms with E-state index in [1.165, 1.54) is 41.3 Å². The van der Waals surface area contributed by atoms with Crippen LogP contribution in [0.4, 0.5) is 9.18 Å². The number of fused-ring (bicyclic) bond motifs is 1. The zero-order valence-electron chi connectivity index (χ0n) is 17.3. The van der Waals surface area contributed by atoms with Crippen molar-refractivity contribution in [2.24, 2.45) is 0 Å². The maximum Gasteiger partial charge on any atom is 0.410 e. The van der Waals surface area contributed by atoms with Crippen molar-refractivity contribution >= 4 is 33.4 Å². The van der Waals surface area contributed by atoms with Gasteiger partial charge in [0.25, 0.3) is 11.5 Å². The zero-order valence-corrected chi connectivity index (χ0v) is 18.9. The number of nitrogens with zero attached hydrogens (tertiary/aromatic N) is 1. The van der Waals surface area contributed by atoms with Gasteiger partial charge in [0.1, 0.15) is 18.8 Å². The number of rotatable bonds is 7. The van der Waals surface area contributed by atoms with Gasteiger partial charge in [-0.15, -0.1) is 0 Å². The van der Waals surface area contributed by atoms with Crippen LogP contribution in [-0.2, 0) is 27.5 Å². The number of hydrogen-bond donors (Lipinski definition) is 2. The van der Waals surface area contributed by atoms with Crippen molar-refractivity contribution in [2.75, 3.05) is 26.4 Å². The van der Waals surface area contributed by atoms with Crippen LogP contribution in [0.3, 0.4) is 0 Å². The summed E-state index contributed by atoms with van der Waals surface area (Å²) in [7, 11) is -3.71. The highest BCUT2D eigenvalue weighted by atomic mass is 35.5. The molecular formula is C21H21ClFN3O6S. The number of pyridine rings is 1. The lowest BCUT2D eigenvalue weighted by molar-refractivity contribution is 0.0918. The standard InChI is InChI=1S/C21H21ClFN3O6S/c22-15-2-4-16(5-3-15)33(30,31)11-1-8-24-19(27)17-12-14-13-26(21(29)32-10-7-23)9-6-18(14)25-20(17)28/h1-5,11-12H,6-10,13H2,(H,24,27)(H,25,28)/b11-1+. The van der Waals surface area contributed by atoms with E-state index < -0.39 is 34.1 Å². The molecule has 12 heteroatoms. The third-order valence-electron chi connectivity index (χ3n) is 4.81. The summed E-state index contributed by atoms with van der Waals surface area (Å²) in [5.74, 6) is -0.704. The number of H-pyrrole nitrogens is 1. The maximum absolute atomic E-state index is 12.5. The summed E-state index contributed by atoms with van der Waals surface area (Å²) < 4.78 is 41.5. The minimum Gasteiger partial charge on any atom is -0.447 e. The van der Waals surface area contributed by atoms with Crippen molar-refractivity contribution in [3.05, 3.63) is 74.0 Å². The van der Waals surface area contributed by atoms with Gasteiger partial charge in [-0.05, 0) is 35.9 Å². The molecule has 1 aliphatic heterocycles. The van der Waals surface area contributed by atoms with E-state index in [1.54, 1.807) is 0 Å². The average molecular weight is 498 g/mol. The number of hydrogen-bond acceptors (Lipinski definition) is 6. The van der Waals surface area contributed by atoms with Crippen LogP contribution >= 0.6 is 11.6 Å². The van der Waals surface area contributed by atoms with Gasteiger partial charge in [-0.2, -0.15) is 0 Å². The number of ether oxygens (including phenoxy) is 1. The Morgan fingerprint density at radius 2 is 2.00 bits per heavy atom. The van der Waals surface area contributed by atoms with Gasteiger partial charge >= 0.3 is 6.09 Å². The molecule has 0 saturated carbocycles. The van der Waals surface area contributed by atoms with Crippen LogP contribution in [0.15, 0.2) is 51.5 Å². The number of carbonyl (C=O) groups excluding carboxylic acids is 2. The highest BCUT2D eigenvalue weighted by Crippen LogP contribution is 2.18. The molecule has 2 N–H and O–H groups in total. The van der Waals surface area contributed by atoms with Gasteiger partial charge in [-0.25, -0.2) is 17.6 Å². The molecule has 0 aliphatic carbocycles. The molecule has 2 aromatic rings. The molecule has 9 nitrogen and oxygen atoms in total. The Hall–Kier alpha value is -3.18.